The maximum absolute atomic E-state index is 12.7. The molecule has 6 nitrogen and oxygen atoms in total. The van der Waals surface area contributed by atoms with Crippen LogP contribution in [0, 0.1) is 0 Å². The fraction of sp³-hybridized carbons (Fsp3) is 0.400. The Balaban J connectivity index is 1.84. The second-order valence-corrected chi connectivity index (χ2v) is 5.30. The van der Waals surface area contributed by atoms with Gasteiger partial charge in [0.1, 0.15) is 11.8 Å². The van der Waals surface area contributed by atoms with Crippen LogP contribution in [0.4, 0.5) is 0 Å². The van der Waals surface area contributed by atoms with Gasteiger partial charge in [0.15, 0.2) is 0 Å². The van der Waals surface area contributed by atoms with Crippen LogP contribution >= 0.6 is 0 Å². The minimum Gasteiger partial charge on any atom is -0.497 e. The van der Waals surface area contributed by atoms with Gasteiger partial charge in [-0.2, -0.15) is 0 Å². The zero-order valence-corrected chi connectivity index (χ0v) is 11.7. The molecule has 1 saturated heterocycles. The lowest BCUT2D eigenvalue weighted by Gasteiger charge is -2.26. The van der Waals surface area contributed by atoms with Crippen molar-refractivity contribution in [1.82, 2.24) is 10.2 Å². The van der Waals surface area contributed by atoms with E-state index >= 15 is 0 Å². The summed E-state index contributed by atoms with van der Waals surface area (Å²) in [4.78, 5) is 37.4. The van der Waals surface area contributed by atoms with E-state index in [9.17, 15) is 14.4 Å². The highest BCUT2D eigenvalue weighted by atomic mass is 16.5. The third-order valence-corrected chi connectivity index (χ3v) is 3.79. The standard InChI is InChI=1S/C15H16N2O4/c1-21-11-6-2-9(3-7-11)15(20)17(10-4-5-10)12-8-13(18)16-14(12)19/h2-3,6-7,10,12H,4-5,8H2,1H3,(H,16,18,19)/t12-/m0/s1. The molecule has 1 aliphatic carbocycles. The van der Waals surface area contributed by atoms with Crippen molar-refractivity contribution in [2.24, 2.45) is 0 Å². The smallest absolute Gasteiger partial charge is 0.254 e. The number of hydrogen-bond donors (Lipinski definition) is 1. The van der Waals surface area contributed by atoms with Gasteiger partial charge in [-0.1, -0.05) is 0 Å². The van der Waals surface area contributed by atoms with E-state index in [0.717, 1.165) is 12.8 Å². The van der Waals surface area contributed by atoms with Gasteiger partial charge >= 0.3 is 0 Å². The summed E-state index contributed by atoms with van der Waals surface area (Å²) in [6.07, 6.45) is 1.80. The molecule has 1 aromatic rings. The summed E-state index contributed by atoms with van der Waals surface area (Å²) in [5.41, 5.74) is 0.495. The predicted octanol–water partition coefficient (Wildman–Crippen LogP) is 0.715. The Morgan fingerprint density at radius 3 is 2.38 bits per heavy atom. The lowest BCUT2D eigenvalue weighted by Crippen LogP contribution is -2.45. The topological polar surface area (TPSA) is 75.7 Å². The molecule has 0 bridgehead atoms. The molecule has 3 rings (SSSR count). The van der Waals surface area contributed by atoms with Crippen molar-refractivity contribution in [2.75, 3.05) is 7.11 Å². The van der Waals surface area contributed by atoms with Gasteiger partial charge in [0.05, 0.1) is 13.5 Å². The maximum Gasteiger partial charge on any atom is 0.254 e. The van der Waals surface area contributed by atoms with E-state index < -0.39 is 6.04 Å². The molecular weight excluding hydrogens is 272 g/mol. The molecule has 2 fully saturated rings. The Morgan fingerprint density at radius 1 is 1.24 bits per heavy atom. The lowest BCUT2D eigenvalue weighted by atomic mass is 10.1. The molecule has 1 saturated carbocycles. The molecule has 1 N–H and O–H groups in total. The number of imide groups is 1. The Bertz CT molecular complexity index is 592. The highest BCUT2D eigenvalue weighted by molar-refractivity contribution is 6.08. The fourth-order valence-electron chi connectivity index (χ4n) is 2.56. The molecule has 0 spiro atoms. The minimum atomic E-state index is -0.681. The monoisotopic (exact) mass is 288 g/mol. The number of benzene rings is 1. The van der Waals surface area contributed by atoms with Crippen molar-refractivity contribution in [1.29, 1.82) is 0 Å². The van der Waals surface area contributed by atoms with Crippen LogP contribution in [0.5, 0.6) is 5.75 Å². The van der Waals surface area contributed by atoms with E-state index in [1.54, 1.807) is 36.3 Å². The molecule has 2 aliphatic rings. The summed E-state index contributed by atoms with van der Waals surface area (Å²) in [5.74, 6) is -0.250. The highest BCUT2D eigenvalue weighted by Crippen LogP contribution is 2.32. The molecule has 1 heterocycles. The fourth-order valence-corrected chi connectivity index (χ4v) is 2.56. The van der Waals surface area contributed by atoms with E-state index in [1.165, 1.54) is 0 Å². The average Bonchev–Trinajstić information content (AvgIpc) is 3.25. The SMILES string of the molecule is COc1ccc(C(=O)N(C2CC2)[C@H]2CC(=O)NC2=O)cc1. The van der Waals surface area contributed by atoms with E-state index in [-0.39, 0.29) is 30.2 Å². The Hall–Kier alpha value is -2.37. The highest BCUT2D eigenvalue weighted by Gasteiger charge is 2.44. The van der Waals surface area contributed by atoms with Crippen LogP contribution in [-0.2, 0) is 9.59 Å². The molecule has 21 heavy (non-hydrogen) atoms. The van der Waals surface area contributed by atoms with Crippen molar-refractivity contribution in [3.05, 3.63) is 29.8 Å². The van der Waals surface area contributed by atoms with Crippen LogP contribution < -0.4 is 10.1 Å². The number of methoxy groups -OCH3 is 1. The second kappa shape index (κ2) is 5.20. The van der Waals surface area contributed by atoms with Crippen molar-refractivity contribution >= 4 is 17.7 Å². The normalized spacial score (nSPS) is 21.1. The molecule has 0 unspecified atom stereocenters. The summed E-state index contributed by atoms with van der Waals surface area (Å²) in [6, 6.07) is 6.13. The summed E-state index contributed by atoms with van der Waals surface area (Å²) < 4.78 is 5.07. The zero-order chi connectivity index (χ0) is 15.0. The largest absolute Gasteiger partial charge is 0.497 e. The molecule has 3 amide bonds. The summed E-state index contributed by atoms with van der Waals surface area (Å²) in [5, 5.41) is 2.26. The van der Waals surface area contributed by atoms with Gasteiger partial charge in [-0.05, 0) is 37.1 Å². The molecule has 1 aliphatic heterocycles. The number of rotatable bonds is 4. The van der Waals surface area contributed by atoms with Crippen molar-refractivity contribution < 1.29 is 19.1 Å². The van der Waals surface area contributed by atoms with Gasteiger partial charge in [-0.15, -0.1) is 0 Å². The van der Waals surface area contributed by atoms with Crippen LogP contribution in [0.3, 0.4) is 0 Å². The number of nitrogens with one attached hydrogen (secondary N) is 1. The van der Waals surface area contributed by atoms with Gasteiger partial charge in [-0.3, -0.25) is 19.7 Å². The molecule has 1 aromatic carbocycles. The van der Waals surface area contributed by atoms with Gasteiger partial charge in [0, 0.05) is 11.6 Å². The van der Waals surface area contributed by atoms with Crippen molar-refractivity contribution in [3.63, 3.8) is 0 Å². The third kappa shape index (κ3) is 2.61. The van der Waals surface area contributed by atoms with Crippen LogP contribution in [0.15, 0.2) is 24.3 Å². The summed E-state index contributed by atoms with van der Waals surface area (Å²) in [7, 11) is 1.56. The zero-order valence-electron chi connectivity index (χ0n) is 11.7. The Morgan fingerprint density at radius 2 is 1.90 bits per heavy atom. The molecule has 1 atom stereocenters. The first kappa shape index (κ1) is 13.6. The number of nitrogens with zero attached hydrogens (tertiary/aromatic N) is 1. The first-order valence-corrected chi connectivity index (χ1v) is 6.90. The summed E-state index contributed by atoms with van der Waals surface area (Å²) >= 11 is 0. The first-order chi connectivity index (χ1) is 10.1. The van der Waals surface area contributed by atoms with E-state index in [2.05, 4.69) is 5.32 Å². The molecule has 6 heteroatoms. The third-order valence-electron chi connectivity index (χ3n) is 3.79. The number of ether oxygens (including phenoxy) is 1. The van der Waals surface area contributed by atoms with Crippen molar-refractivity contribution in [3.8, 4) is 5.75 Å². The molecule has 0 radical (unpaired) electrons. The van der Waals surface area contributed by atoms with Crippen LogP contribution in [-0.4, -0.2) is 41.8 Å². The number of amides is 3. The van der Waals surface area contributed by atoms with Crippen LogP contribution in [0.1, 0.15) is 29.6 Å². The molecule has 0 aromatic heterocycles. The minimum absolute atomic E-state index is 0.0528. The molecule has 110 valence electrons. The van der Waals surface area contributed by atoms with Crippen molar-refractivity contribution in [2.45, 2.75) is 31.3 Å². The van der Waals surface area contributed by atoms with Crippen LogP contribution in [0.25, 0.3) is 0 Å². The Kier molecular flexibility index (Phi) is 3.37. The van der Waals surface area contributed by atoms with Gasteiger partial charge in [0.25, 0.3) is 5.91 Å². The van der Waals surface area contributed by atoms with Gasteiger partial charge in [-0.25, -0.2) is 0 Å². The van der Waals surface area contributed by atoms with E-state index in [0.29, 0.717) is 11.3 Å². The number of carbonyl (C=O) groups excluding carboxylic acids is 3. The van der Waals surface area contributed by atoms with Gasteiger partial charge < -0.3 is 9.64 Å². The lowest BCUT2D eigenvalue weighted by molar-refractivity contribution is -0.126. The average molecular weight is 288 g/mol. The number of hydrogen-bond acceptors (Lipinski definition) is 4. The Labute approximate surface area is 122 Å². The summed E-state index contributed by atoms with van der Waals surface area (Å²) in [6.45, 7) is 0. The predicted molar refractivity (Wildman–Crippen MR) is 73.7 cm³/mol. The van der Waals surface area contributed by atoms with Gasteiger partial charge in [0.2, 0.25) is 11.8 Å². The quantitative estimate of drug-likeness (QED) is 0.828. The van der Waals surface area contributed by atoms with E-state index in [4.69, 9.17) is 4.74 Å². The molecular formula is C15H16N2O4. The number of carbonyl (C=O) groups is 3. The second-order valence-electron chi connectivity index (χ2n) is 5.30. The first-order valence-electron chi connectivity index (χ1n) is 6.90. The van der Waals surface area contributed by atoms with E-state index in [1.807, 2.05) is 0 Å². The maximum atomic E-state index is 12.7. The van der Waals surface area contributed by atoms with Crippen LogP contribution in [0.2, 0.25) is 0 Å².